The van der Waals surface area contributed by atoms with Gasteiger partial charge in [-0.1, -0.05) is 13.3 Å². The van der Waals surface area contributed by atoms with Gasteiger partial charge in [-0.05, 0) is 38.8 Å². The van der Waals surface area contributed by atoms with Gasteiger partial charge < -0.3 is 15.3 Å². The van der Waals surface area contributed by atoms with Crippen molar-refractivity contribution in [2.45, 2.75) is 51.1 Å². The van der Waals surface area contributed by atoms with Crippen molar-refractivity contribution in [3.05, 3.63) is 0 Å². The Morgan fingerprint density at radius 1 is 1.21 bits per heavy atom. The third kappa shape index (κ3) is 3.60. The molecule has 0 saturated carbocycles. The summed E-state index contributed by atoms with van der Waals surface area (Å²) in [5.41, 5.74) is 0. The van der Waals surface area contributed by atoms with Crippen LogP contribution in [0, 0.1) is 0 Å². The van der Waals surface area contributed by atoms with Crippen LogP contribution in [0.25, 0.3) is 0 Å². The molecule has 5 heteroatoms. The van der Waals surface area contributed by atoms with Crippen LogP contribution in [0.15, 0.2) is 0 Å². The minimum atomic E-state index is -0.00169. The molecule has 110 valence electrons. The molecule has 5 nitrogen and oxygen atoms in total. The lowest BCUT2D eigenvalue weighted by Gasteiger charge is -2.35. The molecule has 1 unspecified atom stereocenters. The van der Waals surface area contributed by atoms with Gasteiger partial charge in [0.25, 0.3) is 0 Å². The molecule has 0 bridgehead atoms. The molecule has 2 fully saturated rings. The fourth-order valence-electron chi connectivity index (χ4n) is 3.31. The minimum absolute atomic E-state index is 0.00169. The number of carbonyl (C=O) groups is 1. The predicted molar refractivity (Wildman–Crippen MR) is 75.1 cm³/mol. The number of carbonyl (C=O) groups excluding carboxylic acids is 1. The summed E-state index contributed by atoms with van der Waals surface area (Å²) < 4.78 is 0. The van der Waals surface area contributed by atoms with Crippen molar-refractivity contribution in [2.75, 3.05) is 32.8 Å². The first-order valence-corrected chi connectivity index (χ1v) is 7.65. The molecule has 2 aliphatic rings. The third-order valence-corrected chi connectivity index (χ3v) is 4.49. The maximum Gasteiger partial charge on any atom is 0.317 e. The summed E-state index contributed by atoms with van der Waals surface area (Å²) in [4.78, 5) is 16.4. The molecule has 2 N–H and O–H groups in total. The lowest BCUT2D eigenvalue weighted by molar-refractivity contribution is 0.138. The lowest BCUT2D eigenvalue weighted by Crippen LogP contribution is -2.50. The van der Waals surface area contributed by atoms with E-state index in [4.69, 9.17) is 0 Å². The summed E-state index contributed by atoms with van der Waals surface area (Å²) >= 11 is 0. The Labute approximate surface area is 115 Å². The van der Waals surface area contributed by atoms with E-state index in [9.17, 15) is 9.90 Å². The molecule has 2 amide bonds. The summed E-state index contributed by atoms with van der Waals surface area (Å²) in [7, 11) is 0. The van der Waals surface area contributed by atoms with Gasteiger partial charge in [-0.2, -0.15) is 0 Å². The van der Waals surface area contributed by atoms with E-state index in [0.29, 0.717) is 6.04 Å². The van der Waals surface area contributed by atoms with Crippen LogP contribution >= 0.6 is 0 Å². The van der Waals surface area contributed by atoms with Gasteiger partial charge >= 0.3 is 6.03 Å². The summed E-state index contributed by atoms with van der Waals surface area (Å²) in [5.74, 6) is 0. The number of nitrogens with zero attached hydrogens (tertiary/aromatic N) is 2. The van der Waals surface area contributed by atoms with Crippen molar-refractivity contribution < 1.29 is 9.90 Å². The van der Waals surface area contributed by atoms with Gasteiger partial charge in [-0.25, -0.2) is 4.79 Å². The molecule has 0 aromatic rings. The molecule has 0 radical (unpaired) electrons. The van der Waals surface area contributed by atoms with E-state index in [1.54, 1.807) is 4.90 Å². The molecule has 19 heavy (non-hydrogen) atoms. The van der Waals surface area contributed by atoms with Crippen LogP contribution in [0.5, 0.6) is 0 Å². The highest BCUT2D eigenvalue weighted by Gasteiger charge is 2.29. The average Bonchev–Trinajstić information content (AvgIpc) is 2.93. The summed E-state index contributed by atoms with van der Waals surface area (Å²) in [6, 6.07) is 0.504. The van der Waals surface area contributed by atoms with E-state index in [1.807, 2.05) is 0 Å². The number of likely N-dealkylation sites (N-methyl/N-ethyl adjacent to an activating group) is 1. The van der Waals surface area contributed by atoms with Crippen molar-refractivity contribution >= 4 is 6.03 Å². The maximum absolute atomic E-state index is 12.1. The largest absolute Gasteiger partial charge is 0.394 e. The number of aliphatic hydroxyl groups is 1. The van der Waals surface area contributed by atoms with Gasteiger partial charge in [-0.3, -0.25) is 4.90 Å². The molecular formula is C14H27N3O2. The zero-order chi connectivity index (χ0) is 13.7. The van der Waals surface area contributed by atoms with Gasteiger partial charge in [0, 0.05) is 19.1 Å². The molecular weight excluding hydrogens is 242 g/mol. The number of hydrogen-bond donors (Lipinski definition) is 2. The number of piperidine rings is 1. The van der Waals surface area contributed by atoms with E-state index in [-0.39, 0.29) is 18.7 Å². The van der Waals surface area contributed by atoms with Crippen LogP contribution in [-0.4, -0.2) is 65.8 Å². The second kappa shape index (κ2) is 7.10. The van der Waals surface area contributed by atoms with Gasteiger partial charge in [0.15, 0.2) is 0 Å². The van der Waals surface area contributed by atoms with Crippen LogP contribution in [0.2, 0.25) is 0 Å². The Morgan fingerprint density at radius 3 is 2.74 bits per heavy atom. The van der Waals surface area contributed by atoms with Crippen molar-refractivity contribution in [1.29, 1.82) is 0 Å². The van der Waals surface area contributed by atoms with Crippen LogP contribution in [0.3, 0.4) is 0 Å². The molecule has 2 aliphatic heterocycles. The highest BCUT2D eigenvalue weighted by molar-refractivity contribution is 5.74. The van der Waals surface area contributed by atoms with Gasteiger partial charge in [-0.15, -0.1) is 0 Å². The first-order chi connectivity index (χ1) is 9.26. The maximum atomic E-state index is 12.1. The fourth-order valence-corrected chi connectivity index (χ4v) is 3.31. The van der Waals surface area contributed by atoms with Crippen LogP contribution in [0.4, 0.5) is 4.79 Å². The van der Waals surface area contributed by atoms with E-state index in [2.05, 4.69) is 17.1 Å². The average molecular weight is 269 g/mol. The smallest absolute Gasteiger partial charge is 0.317 e. The minimum Gasteiger partial charge on any atom is -0.394 e. The monoisotopic (exact) mass is 269 g/mol. The number of rotatable bonds is 4. The standard InChI is InChI=1S/C14H27N3O2/c1-2-16-8-4-3-6-12(16)10-15-14(19)17-9-5-7-13(17)11-18/h12-13,18H,2-11H2,1H3,(H,15,19)/t12?,13-/m0/s1. The summed E-state index contributed by atoms with van der Waals surface area (Å²) in [6.45, 7) is 5.99. The molecule has 0 aromatic carbocycles. The Morgan fingerprint density at radius 2 is 2.00 bits per heavy atom. The van der Waals surface area contributed by atoms with Crippen LogP contribution in [-0.2, 0) is 0 Å². The van der Waals surface area contributed by atoms with Crippen LogP contribution in [0.1, 0.15) is 39.0 Å². The normalized spacial score (nSPS) is 28.6. The Hall–Kier alpha value is -0.810. The highest BCUT2D eigenvalue weighted by Crippen LogP contribution is 2.18. The zero-order valence-corrected chi connectivity index (χ0v) is 12.0. The quantitative estimate of drug-likeness (QED) is 0.801. The molecule has 2 rings (SSSR count). The first kappa shape index (κ1) is 14.6. The molecule has 2 atom stereocenters. The number of nitrogens with one attached hydrogen (secondary N) is 1. The molecule has 2 heterocycles. The Kier molecular flexibility index (Phi) is 5.45. The number of hydrogen-bond acceptors (Lipinski definition) is 3. The number of aliphatic hydroxyl groups excluding tert-OH is 1. The second-order valence-corrected chi connectivity index (χ2v) is 5.64. The van der Waals surface area contributed by atoms with Crippen molar-refractivity contribution in [2.24, 2.45) is 0 Å². The summed E-state index contributed by atoms with van der Waals surface area (Å²) in [5, 5.41) is 12.3. The first-order valence-electron chi connectivity index (χ1n) is 7.65. The highest BCUT2D eigenvalue weighted by atomic mass is 16.3. The van der Waals surface area contributed by atoms with E-state index >= 15 is 0 Å². The molecule has 0 spiro atoms. The SMILES string of the molecule is CCN1CCCCC1CNC(=O)N1CCC[C@H]1CO. The molecule has 0 aliphatic carbocycles. The Bertz CT molecular complexity index is 298. The van der Waals surface area contributed by atoms with Gasteiger partial charge in [0.05, 0.1) is 12.6 Å². The second-order valence-electron chi connectivity index (χ2n) is 5.64. The van der Waals surface area contributed by atoms with Crippen molar-refractivity contribution in [3.8, 4) is 0 Å². The van der Waals surface area contributed by atoms with E-state index in [1.165, 1.54) is 19.3 Å². The number of amides is 2. The third-order valence-electron chi connectivity index (χ3n) is 4.49. The molecule has 2 saturated heterocycles. The summed E-state index contributed by atoms with van der Waals surface area (Å²) in [6.07, 6.45) is 5.64. The number of urea groups is 1. The van der Waals surface area contributed by atoms with Crippen molar-refractivity contribution in [3.63, 3.8) is 0 Å². The Balaban J connectivity index is 1.79. The van der Waals surface area contributed by atoms with Gasteiger partial charge in [0.1, 0.15) is 0 Å². The lowest BCUT2D eigenvalue weighted by atomic mass is 10.0. The van der Waals surface area contributed by atoms with E-state index < -0.39 is 0 Å². The topological polar surface area (TPSA) is 55.8 Å². The zero-order valence-electron chi connectivity index (χ0n) is 12.0. The van der Waals surface area contributed by atoms with E-state index in [0.717, 1.165) is 39.0 Å². The fraction of sp³-hybridized carbons (Fsp3) is 0.929. The predicted octanol–water partition coefficient (Wildman–Crippen LogP) is 1.03. The van der Waals surface area contributed by atoms with Gasteiger partial charge in [0.2, 0.25) is 0 Å². The molecule has 0 aromatic heterocycles. The van der Waals surface area contributed by atoms with Crippen LogP contribution < -0.4 is 5.32 Å². The number of likely N-dealkylation sites (tertiary alicyclic amines) is 2. The van der Waals surface area contributed by atoms with Crippen molar-refractivity contribution in [1.82, 2.24) is 15.1 Å².